The average Bonchev–Trinajstić information content (AvgIpc) is 2.80. The molecule has 5 rings (SSSR count). The summed E-state index contributed by atoms with van der Waals surface area (Å²) in [7, 11) is -2.02. The van der Waals surface area contributed by atoms with Crippen LogP contribution in [0.2, 0.25) is 0 Å². The summed E-state index contributed by atoms with van der Waals surface area (Å²) >= 11 is 0. The SMILES string of the molecule is O=c1oc2c(c(O)c1S(=O)c1ccccc1)c(=O)n(-c1ccccc1)c1ccccc21. The van der Waals surface area contributed by atoms with Crippen molar-refractivity contribution < 1.29 is 13.7 Å². The van der Waals surface area contributed by atoms with Crippen LogP contribution in [0, 0.1) is 0 Å². The van der Waals surface area contributed by atoms with E-state index in [0.29, 0.717) is 21.5 Å². The van der Waals surface area contributed by atoms with Crippen molar-refractivity contribution in [1.29, 1.82) is 0 Å². The number of benzene rings is 3. The van der Waals surface area contributed by atoms with Crippen molar-refractivity contribution in [3.63, 3.8) is 0 Å². The highest BCUT2D eigenvalue weighted by Crippen LogP contribution is 2.33. The first kappa shape index (κ1) is 19.0. The van der Waals surface area contributed by atoms with Crippen LogP contribution in [0.3, 0.4) is 0 Å². The zero-order chi connectivity index (χ0) is 21.5. The van der Waals surface area contributed by atoms with Crippen LogP contribution < -0.4 is 11.2 Å². The van der Waals surface area contributed by atoms with Crippen LogP contribution in [0.1, 0.15) is 0 Å². The van der Waals surface area contributed by atoms with Crippen molar-refractivity contribution in [2.24, 2.45) is 0 Å². The second kappa shape index (κ2) is 7.37. The number of nitrogens with zero attached hydrogens (tertiary/aromatic N) is 1. The summed E-state index contributed by atoms with van der Waals surface area (Å²) in [6.07, 6.45) is 0. The van der Waals surface area contributed by atoms with Gasteiger partial charge in [0.2, 0.25) is 0 Å². The molecule has 31 heavy (non-hydrogen) atoms. The maximum absolute atomic E-state index is 13.5. The van der Waals surface area contributed by atoms with E-state index in [1.165, 1.54) is 4.57 Å². The topological polar surface area (TPSA) is 89.5 Å². The van der Waals surface area contributed by atoms with Gasteiger partial charge in [-0.2, -0.15) is 0 Å². The quantitative estimate of drug-likeness (QED) is 0.439. The van der Waals surface area contributed by atoms with Crippen LogP contribution in [0.15, 0.2) is 109 Å². The lowest BCUT2D eigenvalue weighted by Crippen LogP contribution is -2.21. The van der Waals surface area contributed by atoms with Gasteiger partial charge in [-0.25, -0.2) is 9.00 Å². The van der Waals surface area contributed by atoms with Crippen molar-refractivity contribution >= 4 is 32.7 Å². The highest BCUT2D eigenvalue weighted by molar-refractivity contribution is 7.85. The maximum Gasteiger partial charge on any atom is 0.356 e. The Bertz CT molecular complexity index is 1590. The standard InChI is InChI=1S/C24H15NO5S/c26-20-19-21(30-24(28)22(20)31(29)16-11-5-2-6-12-16)17-13-7-8-14-18(17)25(23(19)27)15-9-3-1-4-10-15/h1-14,26H. The minimum Gasteiger partial charge on any atom is -0.505 e. The van der Waals surface area contributed by atoms with Crippen molar-refractivity contribution in [2.45, 2.75) is 9.79 Å². The van der Waals surface area contributed by atoms with Gasteiger partial charge in [0.1, 0.15) is 5.39 Å². The zero-order valence-corrected chi connectivity index (χ0v) is 16.8. The molecular weight excluding hydrogens is 414 g/mol. The van der Waals surface area contributed by atoms with E-state index in [0.717, 1.165) is 0 Å². The summed E-state index contributed by atoms with van der Waals surface area (Å²) in [5.74, 6) is -0.631. The lowest BCUT2D eigenvalue weighted by Gasteiger charge is -2.14. The number of fused-ring (bicyclic) bond motifs is 3. The lowest BCUT2D eigenvalue weighted by atomic mass is 10.1. The van der Waals surface area contributed by atoms with Crippen LogP contribution in [0.4, 0.5) is 0 Å². The van der Waals surface area contributed by atoms with E-state index in [2.05, 4.69) is 0 Å². The molecule has 1 atom stereocenters. The van der Waals surface area contributed by atoms with Crippen molar-refractivity contribution in [1.82, 2.24) is 4.57 Å². The molecule has 0 aliphatic heterocycles. The third-order valence-corrected chi connectivity index (χ3v) is 6.45. The van der Waals surface area contributed by atoms with Crippen LogP contribution in [-0.2, 0) is 10.8 Å². The van der Waals surface area contributed by atoms with Gasteiger partial charge in [-0.05, 0) is 36.4 Å². The molecule has 1 unspecified atom stereocenters. The Morgan fingerprint density at radius 2 is 1.42 bits per heavy atom. The molecule has 0 fully saturated rings. The highest BCUT2D eigenvalue weighted by Gasteiger charge is 2.25. The Labute approximate surface area is 178 Å². The molecule has 0 saturated carbocycles. The number of pyridine rings is 1. The summed E-state index contributed by atoms with van der Waals surface area (Å²) in [5, 5.41) is 11.3. The van der Waals surface area contributed by atoms with E-state index in [9.17, 15) is 18.9 Å². The first-order valence-corrected chi connectivity index (χ1v) is 10.6. The van der Waals surface area contributed by atoms with Gasteiger partial charge in [0.05, 0.1) is 16.3 Å². The fourth-order valence-corrected chi connectivity index (χ4v) is 4.75. The van der Waals surface area contributed by atoms with Gasteiger partial charge in [0, 0.05) is 16.0 Å². The lowest BCUT2D eigenvalue weighted by molar-refractivity contribution is 0.445. The summed E-state index contributed by atoms with van der Waals surface area (Å²) < 4.78 is 20.0. The third-order valence-electron chi connectivity index (χ3n) is 5.02. The van der Waals surface area contributed by atoms with E-state index in [-0.39, 0.29) is 11.0 Å². The fourth-order valence-electron chi connectivity index (χ4n) is 3.64. The number of rotatable bonds is 3. The number of aromatic hydroxyl groups is 1. The van der Waals surface area contributed by atoms with Crippen molar-refractivity contribution in [2.75, 3.05) is 0 Å². The third kappa shape index (κ3) is 2.98. The Morgan fingerprint density at radius 1 is 0.806 bits per heavy atom. The van der Waals surface area contributed by atoms with Crippen LogP contribution in [0.5, 0.6) is 5.75 Å². The number of para-hydroxylation sites is 2. The molecule has 2 heterocycles. The molecule has 152 valence electrons. The van der Waals surface area contributed by atoms with Crippen LogP contribution in [0.25, 0.3) is 27.6 Å². The Morgan fingerprint density at radius 3 is 2.13 bits per heavy atom. The molecule has 0 radical (unpaired) electrons. The van der Waals surface area contributed by atoms with E-state index < -0.39 is 32.6 Å². The molecule has 7 heteroatoms. The van der Waals surface area contributed by atoms with Crippen molar-refractivity contribution in [3.05, 3.63) is 106 Å². The predicted molar refractivity (Wildman–Crippen MR) is 118 cm³/mol. The molecule has 2 aromatic heterocycles. The molecular formula is C24H15NO5S. The van der Waals surface area contributed by atoms with Crippen molar-refractivity contribution in [3.8, 4) is 11.4 Å². The molecule has 0 saturated heterocycles. The molecule has 0 aliphatic rings. The minimum atomic E-state index is -2.02. The van der Waals surface area contributed by atoms with Gasteiger partial charge in [-0.15, -0.1) is 0 Å². The second-order valence-corrected chi connectivity index (χ2v) is 8.26. The molecule has 0 amide bonds. The summed E-state index contributed by atoms with van der Waals surface area (Å²) in [6, 6.07) is 24.1. The summed E-state index contributed by atoms with van der Waals surface area (Å²) in [5.41, 5.74) is -0.460. The maximum atomic E-state index is 13.5. The second-order valence-electron chi connectivity index (χ2n) is 6.85. The van der Waals surface area contributed by atoms with E-state index in [1.54, 1.807) is 78.9 Å². The van der Waals surface area contributed by atoms with Gasteiger partial charge in [0.15, 0.2) is 16.2 Å². The molecule has 0 aliphatic carbocycles. The van der Waals surface area contributed by atoms with Gasteiger partial charge in [-0.1, -0.05) is 48.5 Å². The molecule has 1 N–H and O–H groups in total. The first-order valence-electron chi connectivity index (χ1n) is 9.43. The average molecular weight is 429 g/mol. The number of hydrogen-bond acceptors (Lipinski definition) is 5. The molecule has 0 spiro atoms. The highest BCUT2D eigenvalue weighted by atomic mass is 32.2. The normalized spacial score (nSPS) is 12.3. The fraction of sp³-hybridized carbons (Fsp3) is 0. The largest absolute Gasteiger partial charge is 0.505 e. The zero-order valence-electron chi connectivity index (χ0n) is 16.0. The molecule has 3 aromatic carbocycles. The Balaban J connectivity index is 1.94. The van der Waals surface area contributed by atoms with E-state index in [1.807, 2.05) is 6.07 Å². The number of aromatic nitrogens is 1. The summed E-state index contributed by atoms with van der Waals surface area (Å²) in [4.78, 5) is 26.1. The van der Waals surface area contributed by atoms with Gasteiger partial charge < -0.3 is 9.52 Å². The first-order chi connectivity index (χ1) is 15.1. The predicted octanol–water partition coefficient (Wildman–Crippen LogP) is 3.97. The van der Waals surface area contributed by atoms with E-state index >= 15 is 0 Å². The Hall–Kier alpha value is -3.97. The van der Waals surface area contributed by atoms with E-state index in [4.69, 9.17) is 4.42 Å². The van der Waals surface area contributed by atoms with Gasteiger partial charge in [0.25, 0.3) is 5.56 Å². The van der Waals surface area contributed by atoms with Gasteiger partial charge in [-0.3, -0.25) is 9.36 Å². The van der Waals surface area contributed by atoms with Gasteiger partial charge >= 0.3 is 5.63 Å². The molecule has 6 nitrogen and oxygen atoms in total. The minimum absolute atomic E-state index is 0.0379. The van der Waals surface area contributed by atoms with Crippen LogP contribution >= 0.6 is 0 Å². The smallest absolute Gasteiger partial charge is 0.356 e. The van der Waals surface area contributed by atoms with Crippen LogP contribution in [-0.4, -0.2) is 13.9 Å². The Kier molecular flexibility index (Phi) is 4.52. The monoisotopic (exact) mass is 429 g/mol. The molecule has 5 aromatic rings. The molecule has 0 bridgehead atoms. The number of hydrogen-bond donors (Lipinski definition) is 1. The summed E-state index contributed by atoms with van der Waals surface area (Å²) in [6.45, 7) is 0.